The lowest BCUT2D eigenvalue weighted by Gasteiger charge is -2.16. The highest BCUT2D eigenvalue weighted by Crippen LogP contribution is 2.45. The van der Waals surface area contributed by atoms with Gasteiger partial charge in [0.2, 0.25) is 0 Å². The summed E-state index contributed by atoms with van der Waals surface area (Å²) in [6, 6.07) is 16.2. The molecule has 24 heavy (non-hydrogen) atoms. The van der Waals surface area contributed by atoms with Crippen LogP contribution in [0.15, 0.2) is 48.5 Å². The van der Waals surface area contributed by atoms with Crippen molar-refractivity contribution < 1.29 is 4.79 Å². The normalized spacial score (nSPS) is 15.9. The number of amides is 2. The number of anilines is 1. The summed E-state index contributed by atoms with van der Waals surface area (Å²) in [6.45, 7) is 4.05. The highest BCUT2D eigenvalue weighted by atomic mass is 32.2. The Morgan fingerprint density at radius 2 is 1.83 bits per heavy atom. The highest BCUT2D eigenvalue weighted by Gasteiger charge is 2.18. The van der Waals surface area contributed by atoms with E-state index in [1.165, 1.54) is 22.6 Å². The third-order valence-corrected chi connectivity index (χ3v) is 7.07. The molecule has 0 spiro atoms. The summed E-state index contributed by atoms with van der Waals surface area (Å²) >= 11 is 3.93. The van der Waals surface area contributed by atoms with Gasteiger partial charge in [0.15, 0.2) is 0 Å². The van der Waals surface area contributed by atoms with E-state index in [2.05, 4.69) is 54.0 Å². The van der Waals surface area contributed by atoms with Crippen LogP contribution in [0.5, 0.6) is 0 Å². The number of carbonyl (C=O) groups is 1. The molecule has 1 fully saturated rings. The molecule has 0 aliphatic carbocycles. The van der Waals surface area contributed by atoms with E-state index < -0.39 is 0 Å². The average molecular weight is 359 g/mol. The molecule has 1 atom stereocenters. The van der Waals surface area contributed by atoms with Crippen LogP contribution in [-0.4, -0.2) is 17.5 Å². The molecule has 2 N–H and O–H groups in total. The molecule has 5 heteroatoms. The molecular formula is C19H22N2OS2. The molecule has 1 unspecified atom stereocenters. The first kappa shape index (κ1) is 17.2. The van der Waals surface area contributed by atoms with Crippen LogP contribution >= 0.6 is 23.5 Å². The predicted molar refractivity (Wildman–Crippen MR) is 106 cm³/mol. The van der Waals surface area contributed by atoms with Crippen molar-refractivity contribution in [2.75, 3.05) is 16.8 Å². The van der Waals surface area contributed by atoms with E-state index >= 15 is 0 Å². The zero-order chi connectivity index (χ0) is 16.9. The van der Waals surface area contributed by atoms with Crippen molar-refractivity contribution in [3.8, 4) is 0 Å². The zero-order valence-corrected chi connectivity index (χ0v) is 15.5. The van der Waals surface area contributed by atoms with Gasteiger partial charge >= 0.3 is 6.03 Å². The minimum Gasteiger partial charge on any atom is -0.331 e. The average Bonchev–Trinajstić information content (AvgIpc) is 3.10. The van der Waals surface area contributed by atoms with Crippen LogP contribution in [0.3, 0.4) is 0 Å². The molecule has 3 nitrogen and oxygen atoms in total. The van der Waals surface area contributed by atoms with E-state index in [9.17, 15) is 4.79 Å². The van der Waals surface area contributed by atoms with Crippen molar-refractivity contribution in [2.24, 2.45) is 0 Å². The van der Waals surface area contributed by atoms with Gasteiger partial charge in [-0.15, -0.1) is 23.5 Å². The van der Waals surface area contributed by atoms with E-state index in [1.54, 1.807) is 0 Å². The Bertz CT molecular complexity index is 697. The quantitative estimate of drug-likeness (QED) is 0.773. The van der Waals surface area contributed by atoms with Crippen molar-refractivity contribution in [3.63, 3.8) is 0 Å². The van der Waals surface area contributed by atoms with Gasteiger partial charge in [0, 0.05) is 17.2 Å². The molecule has 0 bridgehead atoms. The maximum absolute atomic E-state index is 12.3. The Balaban J connectivity index is 1.60. The number of aryl methyl sites for hydroxylation is 1. The second-order valence-corrected chi connectivity index (χ2v) is 8.65. The van der Waals surface area contributed by atoms with Gasteiger partial charge in [-0.1, -0.05) is 42.0 Å². The van der Waals surface area contributed by atoms with E-state index in [-0.39, 0.29) is 12.1 Å². The zero-order valence-electron chi connectivity index (χ0n) is 13.9. The van der Waals surface area contributed by atoms with Crippen LogP contribution in [0.25, 0.3) is 0 Å². The summed E-state index contributed by atoms with van der Waals surface area (Å²) in [5.41, 5.74) is 4.43. The first-order valence-electron chi connectivity index (χ1n) is 8.09. The second kappa shape index (κ2) is 7.99. The molecule has 126 valence electrons. The molecule has 0 aromatic heterocycles. The Morgan fingerprint density at radius 3 is 2.54 bits per heavy atom. The maximum atomic E-state index is 12.3. The summed E-state index contributed by atoms with van der Waals surface area (Å²) in [5, 5.41) is 5.94. The summed E-state index contributed by atoms with van der Waals surface area (Å²) in [4.78, 5) is 12.3. The standard InChI is InChI=1S/C19H22N2OS2/c1-13-6-8-15(9-7-13)14(2)20-19(22)21-17-5-3-4-16(12-17)18-23-10-11-24-18/h3-9,12,14,18H,10-11H2,1-2H3,(H2,20,21,22). The van der Waals surface area contributed by atoms with Crippen molar-refractivity contribution in [1.82, 2.24) is 5.32 Å². The van der Waals surface area contributed by atoms with Crippen molar-refractivity contribution in [1.29, 1.82) is 0 Å². The topological polar surface area (TPSA) is 41.1 Å². The molecule has 1 heterocycles. The summed E-state index contributed by atoms with van der Waals surface area (Å²) in [6.07, 6.45) is 0. The fourth-order valence-electron chi connectivity index (χ4n) is 2.62. The number of benzene rings is 2. The van der Waals surface area contributed by atoms with E-state index in [0.29, 0.717) is 4.58 Å². The lowest BCUT2D eigenvalue weighted by atomic mass is 10.1. The van der Waals surface area contributed by atoms with E-state index in [0.717, 1.165) is 11.3 Å². The number of urea groups is 1. The first-order valence-corrected chi connectivity index (χ1v) is 10.2. The van der Waals surface area contributed by atoms with E-state index in [4.69, 9.17) is 0 Å². The van der Waals surface area contributed by atoms with Gasteiger partial charge in [0.25, 0.3) is 0 Å². The maximum Gasteiger partial charge on any atom is 0.319 e. The molecule has 2 aromatic rings. The lowest BCUT2D eigenvalue weighted by molar-refractivity contribution is 0.249. The van der Waals surface area contributed by atoms with Gasteiger partial charge in [0.1, 0.15) is 0 Å². The largest absolute Gasteiger partial charge is 0.331 e. The molecular weight excluding hydrogens is 336 g/mol. The first-order chi connectivity index (χ1) is 11.6. The second-order valence-electron chi connectivity index (χ2n) is 5.93. The van der Waals surface area contributed by atoms with Crippen LogP contribution in [-0.2, 0) is 0 Å². The number of rotatable bonds is 4. The van der Waals surface area contributed by atoms with Crippen molar-refractivity contribution in [2.45, 2.75) is 24.5 Å². The van der Waals surface area contributed by atoms with E-state index in [1.807, 2.05) is 42.6 Å². The number of hydrogen-bond donors (Lipinski definition) is 2. The molecule has 1 saturated heterocycles. The van der Waals surface area contributed by atoms with Crippen LogP contribution in [0.4, 0.5) is 10.5 Å². The fraction of sp³-hybridized carbons (Fsp3) is 0.316. The Kier molecular flexibility index (Phi) is 5.74. The van der Waals surface area contributed by atoms with Crippen molar-refractivity contribution >= 4 is 35.2 Å². The predicted octanol–water partition coefficient (Wildman–Crippen LogP) is 5.36. The molecule has 1 aliphatic rings. The van der Waals surface area contributed by atoms with Crippen LogP contribution < -0.4 is 10.6 Å². The summed E-state index contributed by atoms with van der Waals surface area (Å²) in [5.74, 6) is 2.39. The number of hydrogen-bond acceptors (Lipinski definition) is 3. The van der Waals surface area contributed by atoms with Crippen LogP contribution in [0.1, 0.15) is 34.2 Å². The Hall–Kier alpha value is -1.59. The molecule has 1 aliphatic heterocycles. The van der Waals surface area contributed by atoms with Gasteiger partial charge in [-0.3, -0.25) is 0 Å². The van der Waals surface area contributed by atoms with Gasteiger partial charge < -0.3 is 10.6 Å². The minimum absolute atomic E-state index is 0.0327. The summed E-state index contributed by atoms with van der Waals surface area (Å²) in [7, 11) is 0. The highest BCUT2D eigenvalue weighted by molar-refractivity contribution is 8.19. The van der Waals surface area contributed by atoms with Gasteiger partial charge in [-0.25, -0.2) is 4.79 Å². The molecule has 0 radical (unpaired) electrons. The third kappa shape index (κ3) is 4.48. The third-order valence-electron chi connectivity index (χ3n) is 3.96. The Morgan fingerprint density at radius 1 is 1.12 bits per heavy atom. The Labute approximate surface area is 152 Å². The smallest absolute Gasteiger partial charge is 0.319 e. The molecule has 3 rings (SSSR count). The van der Waals surface area contributed by atoms with Gasteiger partial charge in [0.05, 0.1) is 10.6 Å². The number of carbonyl (C=O) groups excluding carboxylic acids is 1. The van der Waals surface area contributed by atoms with Gasteiger partial charge in [-0.2, -0.15) is 0 Å². The van der Waals surface area contributed by atoms with Crippen LogP contribution in [0, 0.1) is 6.92 Å². The molecule has 0 saturated carbocycles. The number of nitrogens with one attached hydrogen (secondary N) is 2. The van der Waals surface area contributed by atoms with Gasteiger partial charge in [-0.05, 0) is 37.1 Å². The summed E-state index contributed by atoms with van der Waals surface area (Å²) < 4.78 is 0.487. The van der Waals surface area contributed by atoms with Crippen molar-refractivity contribution in [3.05, 3.63) is 65.2 Å². The number of thioether (sulfide) groups is 2. The lowest BCUT2D eigenvalue weighted by Crippen LogP contribution is -2.31. The monoisotopic (exact) mass is 358 g/mol. The fourth-order valence-corrected chi connectivity index (χ4v) is 5.45. The SMILES string of the molecule is Cc1ccc(C(C)NC(=O)Nc2cccc(C3SCCS3)c2)cc1. The minimum atomic E-state index is -0.174. The molecule has 2 amide bonds. The molecule has 2 aromatic carbocycles. The van der Waals surface area contributed by atoms with Crippen LogP contribution in [0.2, 0.25) is 0 Å².